The minimum Gasteiger partial charge on any atom is -0.364 e. The van der Waals surface area contributed by atoms with Crippen molar-refractivity contribution in [2.75, 3.05) is 0 Å². The van der Waals surface area contributed by atoms with Crippen LogP contribution in [0.1, 0.15) is 18.9 Å². The van der Waals surface area contributed by atoms with Gasteiger partial charge in [0.1, 0.15) is 0 Å². The summed E-state index contributed by atoms with van der Waals surface area (Å²) in [6.07, 6.45) is -8.07. The Labute approximate surface area is 120 Å². The van der Waals surface area contributed by atoms with E-state index in [4.69, 9.17) is 0 Å². The Morgan fingerprint density at radius 2 is 1.36 bits per heavy atom. The molecule has 1 rings (SSSR count). The third-order valence-corrected chi connectivity index (χ3v) is 2.63. The summed E-state index contributed by atoms with van der Waals surface area (Å²) in [4.78, 5) is 0. The second-order valence-corrected chi connectivity index (χ2v) is 4.55. The van der Waals surface area contributed by atoms with E-state index in [1.807, 2.05) is 0 Å². The van der Waals surface area contributed by atoms with Crippen molar-refractivity contribution in [3.63, 3.8) is 0 Å². The predicted octanol–water partition coefficient (Wildman–Crippen LogP) is 4.80. The SMILES string of the molecule is C=C(C)CC(OCc1c(F)c(F)c(F)c(F)c1F)C(F)(F)F. The summed E-state index contributed by atoms with van der Waals surface area (Å²) in [5.41, 5.74) is -1.40. The van der Waals surface area contributed by atoms with E-state index in [2.05, 4.69) is 11.3 Å². The highest BCUT2D eigenvalue weighted by atomic mass is 19.4. The summed E-state index contributed by atoms with van der Waals surface area (Å²) >= 11 is 0. The van der Waals surface area contributed by atoms with E-state index < -0.39 is 60.0 Å². The van der Waals surface area contributed by atoms with Crippen LogP contribution in [0.5, 0.6) is 0 Å². The second kappa shape index (κ2) is 6.64. The summed E-state index contributed by atoms with van der Waals surface area (Å²) in [5, 5.41) is 0. The van der Waals surface area contributed by atoms with Crippen LogP contribution in [-0.4, -0.2) is 12.3 Å². The lowest BCUT2D eigenvalue weighted by atomic mass is 10.1. The first-order chi connectivity index (χ1) is 9.96. The Balaban J connectivity index is 3.07. The number of alkyl halides is 3. The highest BCUT2D eigenvalue weighted by Crippen LogP contribution is 2.30. The fraction of sp³-hybridized carbons (Fsp3) is 0.385. The maximum Gasteiger partial charge on any atom is 0.414 e. The fourth-order valence-corrected chi connectivity index (χ4v) is 1.55. The summed E-state index contributed by atoms with van der Waals surface area (Å²) in [6.45, 7) is 3.08. The number of rotatable bonds is 5. The van der Waals surface area contributed by atoms with Gasteiger partial charge in [0.25, 0.3) is 0 Å². The zero-order valence-corrected chi connectivity index (χ0v) is 11.1. The normalized spacial score (nSPS) is 13.3. The summed E-state index contributed by atoms with van der Waals surface area (Å²) in [7, 11) is 0. The molecule has 9 heteroatoms. The summed E-state index contributed by atoms with van der Waals surface area (Å²) in [5.74, 6) is -11.4. The topological polar surface area (TPSA) is 9.23 Å². The molecule has 0 fully saturated rings. The number of hydrogen-bond acceptors (Lipinski definition) is 1. The standard InChI is InChI=1S/C13H10F8O/c1-5(2)3-7(13(19,20)21)22-4-6-8(14)10(16)12(18)11(17)9(6)15/h7H,1,3-4H2,2H3. The van der Waals surface area contributed by atoms with Crippen molar-refractivity contribution in [1.29, 1.82) is 0 Å². The van der Waals surface area contributed by atoms with Crippen molar-refractivity contribution in [1.82, 2.24) is 0 Å². The molecular formula is C13H10F8O. The van der Waals surface area contributed by atoms with Gasteiger partial charge in [0.15, 0.2) is 29.4 Å². The maximum atomic E-state index is 13.3. The molecule has 1 atom stereocenters. The van der Waals surface area contributed by atoms with Crippen molar-refractivity contribution in [2.45, 2.75) is 32.2 Å². The smallest absolute Gasteiger partial charge is 0.364 e. The molecule has 0 spiro atoms. The van der Waals surface area contributed by atoms with Crippen LogP contribution in [0.4, 0.5) is 35.1 Å². The Bertz CT molecular complexity index is 549. The Morgan fingerprint density at radius 1 is 0.955 bits per heavy atom. The highest BCUT2D eigenvalue weighted by molar-refractivity contribution is 5.23. The van der Waals surface area contributed by atoms with E-state index in [1.54, 1.807) is 0 Å². The quantitative estimate of drug-likeness (QED) is 0.325. The third kappa shape index (κ3) is 3.96. The predicted molar refractivity (Wildman–Crippen MR) is 60.3 cm³/mol. The van der Waals surface area contributed by atoms with Gasteiger partial charge in [-0.15, -0.1) is 6.58 Å². The van der Waals surface area contributed by atoms with E-state index >= 15 is 0 Å². The average Bonchev–Trinajstić information content (AvgIpc) is 2.40. The van der Waals surface area contributed by atoms with Gasteiger partial charge in [0.2, 0.25) is 5.82 Å². The van der Waals surface area contributed by atoms with Gasteiger partial charge >= 0.3 is 6.18 Å². The van der Waals surface area contributed by atoms with Crippen molar-refractivity contribution in [3.05, 3.63) is 46.8 Å². The monoisotopic (exact) mass is 334 g/mol. The molecule has 0 saturated heterocycles. The summed E-state index contributed by atoms with van der Waals surface area (Å²) in [6, 6.07) is 0. The van der Waals surface area contributed by atoms with Gasteiger partial charge in [-0.25, -0.2) is 22.0 Å². The van der Waals surface area contributed by atoms with E-state index in [1.165, 1.54) is 6.92 Å². The van der Waals surface area contributed by atoms with Crippen LogP contribution in [0, 0.1) is 29.1 Å². The highest BCUT2D eigenvalue weighted by Gasteiger charge is 2.41. The first-order valence-electron chi connectivity index (χ1n) is 5.79. The number of ether oxygens (including phenoxy) is 1. The molecule has 0 heterocycles. The van der Waals surface area contributed by atoms with Crippen LogP contribution < -0.4 is 0 Å². The van der Waals surface area contributed by atoms with Crippen molar-refractivity contribution < 1.29 is 39.9 Å². The molecule has 0 radical (unpaired) electrons. The maximum absolute atomic E-state index is 13.3. The molecule has 0 aromatic heterocycles. The molecule has 0 amide bonds. The molecule has 0 aliphatic heterocycles. The van der Waals surface area contributed by atoms with Gasteiger partial charge in [-0.2, -0.15) is 13.2 Å². The Kier molecular flexibility index (Phi) is 5.55. The van der Waals surface area contributed by atoms with Crippen LogP contribution in [0.2, 0.25) is 0 Å². The van der Waals surface area contributed by atoms with Crippen molar-refractivity contribution in [2.24, 2.45) is 0 Å². The zero-order valence-electron chi connectivity index (χ0n) is 11.1. The third-order valence-electron chi connectivity index (χ3n) is 2.63. The molecule has 0 aliphatic carbocycles. The molecule has 0 N–H and O–H groups in total. The van der Waals surface area contributed by atoms with Crippen LogP contribution in [0.25, 0.3) is 0 Å². The minimum absolute atomic E-state index is 0.0692. The first kappa shape index (κ1) is 18.4. The molecule has 1 aromatic rings. The van der Waals surface area contributed by atoms with Crippen molar-refractivity contribution in [3.8, 4) is 0 Å². The van der Waals surface area contributed by atoms with Crippen LogP contribution in [0.3, 0.4) is 0 Å². The van der Waals surface area contributed by atoms with Gasteiger partial charge in [-0.3, -0.25) is 0 Å². The van der Waals surface area contributed by atoms with Crippen LogP contribution in [-0.2, 0) is 11.3 Å². The van der Waals surface area contributed by atoms with Gasteiger partial charge in [0, 0.05) is 6.42 Å². The second-order valence-electron chi connectivity index (χ2n) is 4.55. The largest absolute Gasteiger partial charge is 0.414 e. The molecule has 1 nitrogen and oxygen atoms in total. The fourth-order valence-electron chi connectivity index (χ4n) is 1.55. The van der Waals surface area contributed by atoms with Crippen LogP contribution >= 0.6 is 0 Å². The lowest BCUT2D eigenvalue weighted by molar-refractivity contribution is -0.223. The number of benzene rings is 1. The molecule has 0 saturated carbocycles. The number of hydrogen-bond donors (Lipinski definition) is 0. The van der Waals surface area contributed by atoms with Gasteiger partial charge < -0.3 is 4.74 Å². The van der Waals surface area contributed by atoms with Crippen molar-refractivity contribution >= 4 is 0 Å². The van der Waals surface area contributed by atoms with E-state index in [-0.39, 0.29) is 5.57 Å². The van der Waals surface area contributed by atoms with Gasteiger partial charge in [-0.1, -0.05) is 5.57 Å². The minimum atomic E-state index is -4.89. The van der Waals surface area contributed by atoms with Crippen LogP contribution in [0.15, 0.2) is 12.2 Å². The molecule has 0 bridgehead atoms. The molecule has 124 valence electrons. The average molecular weight is 334 g/mol. The Morgan fingerprint density at radius 3 is 1.73 bits per heavy atom. The Hall–Kier alpha value is -1.64. The van der Waals surface area contributed by atoms with E-state index in [9.17, 15) is 35.1 Å². The molecule has 22 heavy (non-hydrogen) atoms. The first-order valence-corrected chi connectivity index (χ1v) is 5.79. The van der Waals surface area contributed by atoms with E-state index in [0.29, 0.717) is 0 Å². The molecule has 1 unspecified atom stereocenters. The lowest BCUT2D eigenvalue weighted by Gasteiger charge is -2.21. The summed E-state index contributed by atoms with van der Waals surface area (Å²) < 4.78 is 107. The molecule has 1 aromatic carbocycles. The number of halogens is 8. The van der Waals surface area contributed by atoms with Gasteiger partial charge in [-0.05, 0) is 6.92 Å². The molecular weight excluding hydrogens is 324 g/mol. The van der Waals surface area contributed by atoms with E-state index in [0.717, 1.165) is 0 Å². The molecule has 0 aliphatic rings. The van der Waals surface area contributed by atoms with Gasteiger partial charge in [0.05, 0.1) is 12.2 Å². The lowest BCUT2D eigenvalue weighted by Crippen LogP contribution is -2.32. The zero-order chi connectivity index (χ0) is 17.2.